The van der Waals surface area contributed by atoms with Crippen LogP contribution in [0.2, 0.25) is 0 Å². The second-order valence-corrected chi connectivity index (χ2v) is 8.60. The molecule has 2 aromatic heterocycles. The molecule has 0 fully saturated rings. The van der Waals surface area contributed by atoms with Crippen molar-refractivity contribution in [2.75, 3.05) is 25.9 Å². The van der Waals surface area contributed by atoms with Crippen LogP contribution in [-0.2, 0) is 6.54 Å². The van der Waals surface area contributed by atoms with Crippen molar-refractivity contribution in [3.05, 3.63) is 47.0 Å². The summed E-state index contributed by atoms with van der Waals surface area (Å²) in [7, 11) is 1.57. The molecule has 0 spiro atoms. The van der Waals surface area contributed by atoms with Crippen molar-refractivity contribution in [2.45, 2.75) is 6.54 Å². The lowest BCUT2D eigenvalue weighted by Crippen LogP contribution is -2.18. The van der Waals surface area contributed by atoms with Crippen molar-refractivity contribution in [3.63, 3.8) is 0 Å². The third-order valence-electron chi connectivity index (χ3n) is 4.83. The summed E-state index contributed by atoms with van der Waals surface area (Å²) in [5.74, 6) is 2.64. The fraction of sp³-hybridized carbons (Fsp3) is 0.238. The number of ether oxygens (including phenoxy) is 3. The first-order valence-corrected chi connectivity index (χ1v) is 11.5. The molecule has 4 aromatic rings. The molecule has 30 heavy (non-hydrogen) atoms. The lowest BCUT2D eigenvalue weighted by atomic mass is 10.2. The van der Waals surface area contributed by atoms with Gasteiger partial charge in [-0.15, -0.1) is 0 Å². The number of carbonyl (C=O) groups is 1. The molecular formula is C21H18N2O5S2. The molecule has 9 heteroatoms. The Morgan fingerprint density at radius 3 is 2.90 bits per heavy atom. The third kappa shape index (κ3) is 3.23. The van der Waals surface area contributed by atoms with E-state index < -0.39 is 5.91 Å². The van der Waals surface area contributed by atoms with Crippen molar-refractivity contribution < 1.29 is 23.4 Å². The number of furan rings is 1. The maximum atomic E-state index is 12.9. The average Bonchev–Trinajstić information content (AvgIpc) is 3.46. The Morgan fingerprint density at radius 2 is 2.10 bits per heavy atom. The number of benzene rings is 2. The molecule has 3 heterocycles. The van der Waals surface area contributed by atoms with Crippen LogP contribution in [-0.4, -0.2) is 36.4 Å². The number of amides is 1. The van der Waals surface area contributed by atoms with Gasteiger partial charge in [0.05, 0.1) is 17.3 Å². The van der Waals surface area contributed by atoms with E-state index in [2.05, 4.69) is 4.99 Å². The molecule has 2 aromatic carbocycles. The maximum absolute atomic E-state index is 12.9. The number of hydrogen-bond donors (Lipinski definition) is 0. The SMILES string of the molecule is COc1cccc2cc(C(=O)N=c3sc4cc5c(cc4n3CCSC)OCO5)oc12. The van der Waals surface area contributed by atoms with Gasteiger partial charge in [-0.05, 0) is 18.4 Å². The van der Waals surface area contributed by atoms with Crippen molar-refractivity contribution in [3.8, 4) is 17.2 Å². The van der Waals surface area contributed by atoms with Gasteiger partial charge in [0.15, 0.2) is 33.4 Å². The van der Waals surface area contributed by atoms with E-state index in [1.165, 1.54) is 11.3 Å². The number of hydrogen-bond acceptors (Lipinski definition) is 7. The number of aryl methyl sites for hydroxylation is 1. The first kappa shape index (κ1) is 19.1. The molecule has 0 atom stereocenters. The smallest absolute Gasteiger partial charge is 0.315 e. The van der Waals surface area contributed by atoms with E-state index >= 15 is 0 Å². The topological polar surface area (TPSA) is 75.2 Å². The van der Waals surface area contributed by atoms with Gasteiger partial charge >= 0.3 is 5.91 Å². The number of carbonyl (C=O) groups excluding carboxylic acids is 1. The summed E-state index contributed by atoms with van der Waals surface area (Å²) in [6.07, 6.45) is 2.05. The van der Waals surface area contributed by atoms with E-state index in [1.54, 1.807) is 31.0 Å². The maximum Gasteiger partial charge on any atom is 0.315 e. The van der Waals surface area contributed by atoms with Crippen molar-refractivity contribution in [1.82, 2.24) is 4.57 Å². The summed E-state index contributed by atoms with van der Waals surface area (Å²) in [5, 5.41) is 0.797. The molecule has 0 saturated heterocycles. The van der Waals surface area contributed by atoms with Gasteiger partial charge in [0, 0.05) is 29.8 Å². The van der Waals surface area contributed by atoms with Crippen molar-refractivity contribution >= 4 is 50.2 Å². The quantitative estimate of drug-likeness (QED) is 0.459. The van der Waals surface area contributed by atoms with Crippen molar-refractivity contribution in [2.24, 2.45) is 4.99 Å². The number of rotatable bonds is 5. The Kier molecular flexibility index (Phi) is 4.92. The highest BCUT2D eigenvalue weighted by molar-refractivity contribution is 7.98. The van der Waals surface area contributed by atoms with E-state index in [0.29, 0.717) is 27.6 Å². The molecule has 0 aliphatic carbocycles. The molecular weight excluding hydrogens is 424 g/mol. The van der Waals surface area contributed by atoms with Gasteiger partial charge in [-0.3, -0.25) is 4.79 Å². The van der Waals surface area contributed by atoms with Crippen LogP contribution < -0.4 is 19.0 Å². The van der Waals surface area contributed by atoms with E-state index in [-0.39, 0.29) is 12.6 Å². The Hall–Kier alpha value is -2.91. The van der Waals surface area contributed by atoms with Gasteiger partial charge in [-0.25, -0.2) is 0 Å². The predicted molar refractivity (Wildman–Crippen MR) is 117 cm³/mol. The van der Waals surface area contributed by atoms with E-state index in [4.69, 9.17) is 18.6 Å². The largest absolute Gasteiger partial charge is 0.493 e. The number of fused-ring (bicyclic) bond motifs is 3. The molecule has 1 aliphatic heterocycles. The van der Waals surface area contributed by atoms with Crippen LogP contribution in [0.1, 0.15) is 10.6 Å². The number of para-hydroxylation sites is 1. The summed E-state index contributed by atoms with van der Waals surface area (Å²) >= 11 is 3.18. The lowest BCUT2D eigenvalue weighted by molar-refractivity contribution is 0.0973. The Bertz CT molecular complexity index is 1330. The first-order valence-electron chi connectivity index (χ1n) is 9.25. The van der Waals surface area contributed by atoms with Crippen LogP contribution in [0.5, 0.6) is 17.2 Å². The molecule has 154 valence electrons. The van der Waals surface area contributed by atoms with Crippen LogP contribution in [0, 0.1) is 0 Å². The van der Waals surface area contributed by atoms with E-state index in [0.717, 1.165) is 27.9 Å². The molecule has 0 bridgehead atoms. The number of thiazole rings is 1. The fourth-order valence-electron chi connectivity index (χ4n) is 3.39. The molecule has 0 radical (unpaired) electrons. The summed E-state index contributed by atoms with van der Waals surface area (Å²) in [5.41, 5.74) is 1.51. The lowest BCUT2D eigenvalue weighted by Gasteiger charge is -2.04. The van der Waals surface area contributed by atoms with E-state index in [1.807, 2.05) is 35.1 Å². The van der Waals surface area contributed by atoms with E-state index in [9.17, 15) is 4.79 Å². The minimum atomic E-state index is -0.433. The third-order valence-corrected chi connectivity index (χ3v) is 6.46. The zero-order chi connectivity index (χ0) is 20.7. The van der Waals surface area contributed by atoms with Crippen LogP contribution in [0.4, 0.5) is 0 Å². The van der Waals surface area contributed by atoms with Gasteiger partial charge in [-0.1, -0.05) is 23.5 Å². The Balaban J connectivity index is 1.61. The van der Waals surface area contributed by atoms with Gasteiger partial charge < -0.3 is 23.2 Å². The van der Waals surface area contributed by atoms with Gasteiger partial charge in [-0.2, -0.15) is 16.8 Å². The Morgan fingerprint density at radius 1 is 1.27 bits per heavy atom. The molecule has 0 unspecified atom stereocenters. The zero-order valence-corrected chi connectivity index (χ0v) is 18.0. The van der Waals surface area contributed by atoms with Gasteiger partial charge in [0.25, 0.3) is 0 Å². The molecule has 5 rings (SSSR count). The monoisotopic (exact) mass is 442 g/mol. The molecule has 1 amide bonds. The number of thioether (sulfide) groups is 1. The highest BCUT2D eigenvalue weighted by Gasteiger charge is 2.19. The van der Waals surface area contributed by atoms with Crippen LogP contribution in [0.15, 0.2) is 45.8 Å². The summed E-state index contributed by atoms with van der Waals surface area (Å²) < 4.78 is 25.1. The minimum absolute atomic E-state index is 0.178. The fourth-order valence-corrected chi connectivity index (χ4v) is 4.82. The minimum Gasteiger partial charge on any atom is -0.493 e. The molecule has 7 nitrogen and oxygen atoms in total. The normalized spacial score (nSPS) is 13.5. The van der Waals surface area contributed by atoms with Crippen molar-refractivity contribution in [1.29, 1.82) is 0 Å². The second kappa shape index (κ2) is 7.73. The van der Waals surface area contributed by atoms with Gasteiger partial charge in [0.1, 0.15) is 0 Å². The summed E-state index contributed by atoms with van der Waals surface area (Å²) in [4.78, 5) is 17.9. The molecule has 0 saturated carbocycles. The standard InChI is InChI=1S/C21H18N2O5S2/c1-25-14-5-3-4-12-8-17(28-19(12)14)20(24)22-21-23(6-7-29-2)13-9-15-16(27-11-26-15)10-18(13)30-21/h3-5,8-10H,6-7,11H2,1-2H3. The van der Waals surface area contributed by atoms with Crippen LogP contribution >= 0.6 is 23.1 Å². The van der Waals surface area contributed by atoms with Crippen LogP contribution in [0.3, 0.4) is 0 Å². The number of methoxy groups -OCH3 is 1. The highest BCUT2D eigenvalue weighted by Crippen LogP contribution is 2.37. The molecule has 0 N–H and O–H groups in total. The number of aromatic nitrogens is 1. The highest BCUT2D eigenvalue weighted by atomic mass is 32.2. The summed E-state index contributed by atoms with van der Waals surface area (Å²) in [6, 6.07) is 11.1. The number of nitrogens with zero attached hydrogens (tertiary/aromatic N) is 2. The molecule has 1 aliphatic rings. The van der Waals surface area contributed by atoms with Gasteiger partial charge in [0.2, 0.25) is 6.79 Å². The summed E-state index contributed by atoms with van der Waals surface area (Å²) in [6.45, 7) is 0.948. The second-order valence-electron chi connectivity index (χ2n) is 6.61. The predicted octanol–water partition coefficient (Wildman–Crippen LogP) is 4.29. The van der Waals surface area contributed by atoms with Crippen LogP contribution in [0.25, 0.3) is 21.2 Å². The zero-order valence-electron chi connectivity index (χ0n) is 16.3. The Labute approximate surface area is 179 Å². The average molecular weight is 443 g/mol. The first-order chi connectivity index (χ1) is 14.7.